The number of carbonyl (C=O) groups is 1. The SMILES string of the molecule is COC(=O)c1cc(OC)c(OC)cc1NS(=O)(=O)c1ccc2oc(=O)ccc2c1. The Morgan fingerprint density at radius 2 is 1.66 bits per heavy atom. The highest BCUT2D eigenvalue weighted by molar-refractivity contribution is 7.92. The first-order chi connectivity index (χ1) is 13.8. The van der Waals surface area contributed by atoms with Gasteiger partial charge >= 0.3 is 11.6 Å². The summed E-state index contributed by atoms with van der Waals surface area (Å²) in [5, 5.41) is 0.424. The molecule has 0 aliphatic carbocycles. The summed E-state index contributed by atoms with van der Waals surface area (Å²) in [5.74, 6) is -0.307. The van der Waals surface area contributed by atoms with Crippen LogP contribution in [0, 0.1) is 0 Å². The van der Waals surface area contributed by atoms with E-state index in [9.17, 15) is 18.0 Å². The van der Waals surface area contributed by atoms with Crippen LogP contribution in [-0.2, 0) is 14.8 Å². The Hall–Kier alpha value is -3.53. The molecular formula is C19H17NO8S. The third-order valence-corrected chi connectivity index (χ3v) is 5.44. The van der Waals surface area contributed by atoms with E-state index in [4.69, 9.17) is 18.6 Å². The summed E-state index contributed by atoms with van der Waals surface area (Å²) in [5.41, 5.74) is -0.396. The van der Waals surface area contributed by atoms with Crippen molar-refractivity contribution >= 4 is 32.6 Å². The molecule has 0 bridgehead atoms. The van der Waals surface area contributed by atoms with Crippen molar-refractivity contribution in [3.63, 3.8) is 0 Å². The van der Waals surface area contributed by atoms with Gasteiger partial charge in [-0.05, 0) is 24.3 Å². The molecule has 3 aromatic rings. The van der Waals surface area contributed by atoms with Crippen LogP contribution < -0.4 is 19.8 Å². The van der Waals surface area contributed by atoms with Gasteiger partial charge in [-0.1, -0.05) is 0 Å². The number of hydrogen-bond donors (Lipinski definition) is 1. The van der Waals surface area contributed by atoms with Crippen LogP contribution in [0.3, 0.4) is 0 Å². The minimum atomic E-state index is -4.10. The van der Waals surface area contributed by atoms with Crippen LogP contribution in [0.1, 0.15) is 10.4 Å². The molecule has 0 radical (unpaired) electrons. The van der Waals surface area contributed by atoms with Crippen LogP contribution in [0.15, 0.2) is 56.6 Å². The van der Waals surface area contributed by atoms with Crippen LogP contribution in [-0.4, -0.2) is 35.7 Å². The van der Waals surface area contributed by atoms with E-state index < -0.39 is 21.6 Å². The first kappa shape index (κ1) is 20.2. The van der Waals surface area contributed by atoms with Gasteiger partial charge in [0.05, 0.1) is 37.5 Å². The molecular weight excluding hydrogens is 402 g/mol. The number of fused-ring (bicyclic) bond motifs is 1. The van der Waals surface area contributed by atoms with Gasteiger partial charge in [-0.3, -0.25) is 4.72 Å². The number of ether oxygens (including phenoxy) is 3. The van der Waals surface area contributed by atoms with Crippen molar-refractivity contribution in [1.29, 1.82) is 0 Å². The Labute approximate surface area is 165 Å². The fourth-order valence-electron chi connectivity index (χ4n) is 2.66. The number of anilines is 1. The number of sulfonamides is 1. The average molecular weight is 419 g/mol. The van der Waals surface area contributed by atoms with Crippen molar-refractivity contribution in [1.82, 2.24) is 0 Å². The highest BCUT2D eigenvalue weighted by Gasteiger charge is 2.23. The Bertz CT molecular complexity index is 1250. The van der Waals surface area contributed by atoms with Gasteiger partial charge in [-0.15, -0.1) is 0 Å². The normalized spacial score (nSPS) is 11.1. The van der Waals surface area contributed by atoms with Crippen molar-refractivity contribution in [3.8, 4) is 11.5 Å². The standard InChI is InChI=1S/C19H17NO8S/c1-25-16-9-13(19(22)27-3)14(10-17(16)26-2)20-29(23,24)12-5-6-15-11(8-12)4-7-18(21)28-15/h4-10,20H,1-3H3. The quantitative estimate of drug-likeness (QED) is 0.478. The zero-order chi connectivity index (χ0) is 21.2. The number of methoxy groups -OCH3 is 3. The monoisotopic (exact) mass is 419 g/mol. The van der Waals surface area contributed by atoms with Gasteiger partial charge in [0.25, 0.3) is 10.0 Å². The summed E-state index contributed by atoms with van der Waals surface area (Å²) in [6.45, 7) is 0. The zero-order valence-electron chi connectivity index (χ0n) is 15.7. The van der Waals surface area contributed by atoms with Crippen molar-refractivity contribution in [2.45, 2.75) is 4.90 Å². The van der Waals surface area contributed by atoms with E-state index in [-0.39, 0.29) is 33.2 Å². The van der Waals surface area contributed by atoms with E-state index in [1.165, 1.54) is 63.8 Å². The lowest BCUT2D eigenvalue weighted by Crippen LogP contribution is -2.16. The Balaban J connectivity index is 2.08. The smallest absolute Gasteiger partial charge is 0.340 e. The van der Waals surface area contributed by atoms with Gasteiger partial charge in [0.15, 0.2) is 11.5 Å². The fraction of sp³-hybridized carbons (Fsp3) is 0.158. The average Bonchev–Trinajstić information content (AvgIpc) is 2.72. The molecule has 1 aromatic heterocycles. The van der Waals surface area contributed by atoms with Crippen LogP contribution in [0.5, 0.6) is 11.5 Å². The first-order valence-electron chi connectivity index (χ1n) is 8.20. The Morgan fingerprint density at radius 1 is 0.966 bits per heavy atom. The number of nitrogens with one attached hydrogen (secondary N) is 1. The number of esters is 1. The maximum absolute atomic E-state index is 12.9. The molecule has 10 heteroatoms. The first-order valence-corrected chi connectivity index (χ1v) is 9.68. The molecule has 29 heavy (non-hydrogen) atoms. The highest BCUT2D eigenvalue weighted by Crippen LogP contribution is 2.35. The molecule has 0 saturated heterocycles. The van der Waals surface area contributed by atoms with Gasteiger partial charge in [0.2, 0.25) is 0 Å². The predicted molar refractivity (Wildman–Crippen MR) is 104 cm³/mol. The van der Waals surface area contributed by atoms with Gasteiger partial charge in [-0.25, -0.2) is 18.0 Å². The van der Waals surface area contributed by atoms with Gasteiger partial charge in [0, 0.05) is 23.6 Å². The molecule has 0 amide bonds. The van der Waals surface area contributed by atoms with Gasteiger partial charge in [-0.2, -0.15) is 0 Å². The third-order valence-electron chi connectivity index (χ3n) is 4.07. The molecule has 1 heterocycles. The van der Waals surface area contributed by atoms with Crippen LogP contribution in [0.2, 0.25) is 0 Å². The van der Waals surface area contributed by atoms with Crippen LogP contribution >= 0.6 is 0 Å². The largest absolute Gasteiger partial charge is 0.493 e. The van der Waals surface area contributed by atoms with E-state index in [0.717, 1.165) is 0 Å². The molecule has 1 N–H and O–H groups in total. The van der Waals surface area contributed by atoms with E-state index in [1.54, 1.807) is 0 Å². The Morgan fingerprint density at radius 3 is 2.31 bits per heavy atom. The minimum Gasteiger partial charge on any atom is -0.493 e. The zero-order valence-corrected chi connectivity index (χ0v) is 16.5. The summed E-state index contributed by atoms with van der Waals surface area (Å²) >= 11 is 0. The predicted octanol–water partition coefficient (Wildman–Crippen LogP) is 2.40. The molecule has 3 rings (SSSR count). The lowest BCUT2D eigenvalue weighted by Gasteiger charge is -2.15. The summed E-state index contributed by atoms with van der Waals surface area (Å²) in [4.78, 5) is 23.3. The minimum absolute atomic E-state index is 0.0470. The van der Waals surface area contributed by atoms with E-state index >= 15 is 0 Å². The molecule has 152 valence electrons. The van der Waals surface area contributed by atoms with Crippen molar-refractivity contribution in [2.75, 3.05) is 26.1 Å². The topological polar surface area (TPSA) is 121 Å². The molecule has 0 aliphatic heterocycles. The molecule has 0 unspecified atom stereocenters. The third kappa shape index (κ3) is 4.02. The van der Waals surface area contributed by atoms with Gasteiger partial charge < -0.3 is 18.6 Å². The second kappa shape index (κ2) is 7.84. The van der Waals surface area contributed by atoms with Crippen molar-refractivity contribution in [2.24, 2.45) is 0 Å². The number of hydrogen-bond acceptors (Lipinski definition) is 8. The highest BCUT2D eigenvalue weighted by atomic mass is 32.2. The van der Waals surface area contributed by atoms with E-state index in [1.807, 2.05) is 0 Å². The van der Waals surface area contributed by atoms with E-state index in [0.29, 0.717) is 5.39 Å². The number of carbonyl (C=O) groups excluding carboxylic acids is 1. The molecule has 0 fully saturated rings. The summed E-state index contributed by atoms with van der Waals surface area (Å²) in [6, 6.07) is 9.29. The lowest BCUT2D eigenvalue weighted by atomic mass is 10.1. The van der Waals surface area contributed by atoms with E-state index in [2.05, 4.69) is 4.72 Å². The molecule has 0 atom stereocenters. The summed E-state index contributed by atoms with van der Waals surface area (Å²) < 4.78 is 48.2. The second-order valence-electron chi connectivity index (χ2n) is 5.80. The number of rotatable bonds is 6. The fourth-order valence-corrected chi connectivity index (χ4v) is 3.77. The maximum atomic E-state index is 12.9. The second-order valence-corrected chi connectivity index (χ2v) is 7.49. The molecule has 0 spiro atoms. The molecule has 0 aliphatic rings. The van der Waals surface area contributed by atoms with Gasteiger partial charge in [0.1, 0.15) is 5.58 Å². The summed E-state index contributed by atoms with van der Waals surface area (Å²) in [7, 11) is -0.157. The lowest BCUT2D eigenvalue weighted by molar-refractivity contribution is 0.0601. The summed E-state index contributed by atoms with van der Waals surface area (Å²) in [6.07, 6.45) is 0. The molecule has 9 nitrogen and oxygen atoms in total. The Kier molecular flexibility index (Phi) is 5.46. The van der Waals surface area contributed by atoms with Crippen LogP contribution in [0.25, 0.3) is 11.0 Å². The maximum Gasteiger partial charge on any atom is 0.340 e. The molecule has 0 saturated carbocycles. The number of benzene rings is 2. The molecule has 2 aromatic carbocycles. The van der Waals surface area contributed by atoms with Crippen LogP contribution in [0.4, 0.5) is 5.69 Å². The van der Waals surface area contributed by atoms with Crippen molar-refractivity contribution in [3.05, 3.63) is 58.4 Å². The van der Waals surface area contributed by atoms with Crippen molar-refractivity contribution < 1.29 is 31.8 Å².